The Kier molecular flexibility index (Phi) is 3.56. The van der Waals surface area contributed by atoms with Gasteiger partial charge in [0.05, 0.1) is 7.11 Å². The largest absolute Gasteiger partial charge is 0.493 e. The second-order valence-corrected chi connectivity index (χ2v) is 6.37. The Morgan fingerprint density at radius 2 is 2.10 bits per heavy atom. The van der Waals surface area contributed by atoms with E-state index in [-0.39, 0.29) is 11.5 Å². The van der Waals surface area contributed by atoms with Crippen LogP contribution in [0.3, 0.4) is 0 Å². The van der Waals surface area contributed by atoms with E-state index >= 15 is 0 Å². The van der Waals surface area contributed by atoms with Crippen molar-refractivity contribution in [1.29, 1.82) is 0 Å². The van der Waals surface area contributed by atoms with E-state index in [0.29, 0.717) is 17.3 Å². The first-order valence-electron chi connectivity index (χ1n) is 7.01. The molecule has 5 heteroatoms. The van der Waals surface area contributed by atoms with E-state index in [1.165, 1.54) is 0 Å². The van der Waals surface area contributed by atoms with Crippen molar-refractivity contribution in [3.63, 3.8) is 0 Å². The summed E-state index contributed by atoms with van der Waals surface area (Å²) in [6.45, 7) is 2.51. The Balaban J connectivity index is 1.96. The predicted molar refractivity (Wildman–Crippen MR) is 79.9 cm³/mol. The summed E-state index contributed by atoms with van der Waals surface area (Å²) in [6.07, 6.45) is 2.41. The topological polar surface area (TPSA) is 47.7 Å². The normalized spacial score (nSPS) is 21.4. The van der Waals surface area contributed by atoms with Gasteiger partial charge in [-0.1, -0.05) is 11.6 Å². The first kappa shape index (κ1) is 14.0. The van der Waals surface area contributed by atoms with Crippen LogP contribution in [-0.4, -0.2) is 44.8 Å². The number of methoxy groups -OCH3 is 1. The first-order valence-corrected chi connectivity index (χ1v) is 7.39. The Hall–Kier alpha value is -0.970. The molecule has 2 aliphatic rings. The van der Waals surface area contributed by atoms with Gasteiger partial charge in [0, 0.05) is 41.7 Å². The van der Waals surface area contributed by atoms with E-state index < -0.39 is 0 Å². The molecular weight excluding hydrogens is 276 g/mol. The molecule has 1 saturated carbocycles. The van der Waals surface area contributed by atoms with Gasteiger partial charge >= 0.3 is 0 Å². The molecule has 0 aromatic heterocycles. The number of hydrogen-bond acceptors (Lipinski definition) is 4. The van der Waals surface area contributed by atoms with Crippen molar-refractivity contribution in [3.8, 4) is 11.5 Å². The van der Waals surface area contributed by atoms with Gasteiger partial charge in [-0.2, -0.15) is 0 Å². The maximum absolute atomic E-state index is 6.21. The Morgan fingerprint density at radius 1 is 1.40 bits per heavy atom. The first-order chi connectivity index (χ1) is 9.58. The van der Waals surface area contributed by atoms with Gasteiger partial charge in [-0.3, -0.25) is 4.90 Å². The lowest BCUT2D eigenvalue weighted by atomic mass is 9.94. The molecule has 3 rings (SSSR count). The number of likely N-dealkylation sites (tertiary alicyclic amines) is 1. The summed E-state index contributed by atoms with van der Waals surface area (Å²) in [4.78, 5) is 2.22. The van der Waals surface area contributed by atoms with Crippen LogP contribution in [0.2, 0.25) is 5.02 Å². The molecule has 2 fully saturated rings. The standard InChI is InChI=1S/C15H21ClN2O2/c1-18-7-11(8-18)20-14-12(15(9-17)3-4-15)5-10(16)6-13(14)19-2/h5-6,11H,3-4,7-9,17H2,1-2H3. The molecule has 0 radical (unpaired) electrons. The zero-order chi connectivity index (χ0) is 14.3. The van der Waals surface area contributed by atoms with E-state index in [1.54, 1.807) is 7.11 Å². The van der Waals surface area contributed by atoms with Crippen molar-refractivity contribution in [2.45, 2.75) is 24.4 Å². The van der Waals surface area contributed by atoms with Crippen molar-refractivity contribution < 1.29 is 9.47 Å². The van der Waals surface area contributed by atoms with E-state index in [0.717, 1.165) is 37.2 Å². The van der Waals surface area contributed by atoms with Crippen molar-refractivity contribution in [2.75, 3.05) is 33.8 Å². The quantitative estimate of drug-likeness (QED) is 0.903. The SMILES string of the molecule is COc1cc(Cl)cc(C2(CN)CC2)c1OC1CN(C)C1. The van der Waals surface area contributed by atoms with Crippen molar-refractivity contribution in [2.24, 2.45) is 5.73 Å². The van der Waals surface area contributed by atoms with Crippen LogP contribution in [0.1, 0.15) is 18.4 Å². The maximum Gasteiger partial charge on any atom is 0.165 e. The molecule has 1 aliphatic carbocycles. The molecular formula is C15H21ClN2O2. The second kappa shape index (κ2) is 5.10. The molecule has 0 spiro atoms. The van der Waals surface area contributed by atoms with Crippen LogP contribution >= 0.6 is 11.6 Å². The molecule has 2 N–H and O–H groups in total. The summed E-state index contributed by atoms with van der Waals surface area (Å²) in [5.74, 6) is 1.54. The summed E-state index contributed by atoms with van der Waals surface area (Å²) < 4.78 is 11.6. The summed E-state index contributed by atoms with van der Waals surface area (Å²) in [7, 11) is 3.74. The molecule has 0 atom stereocenters. The number of nitrogens with two attached hydrogens (primary N) is 1. The molecule has 20 heavy (non-hydrogen) atoms. The number of nitrogens with zero attached hydrogens (tertiary/aromatic N) is 1. The van der Waals surface area contributed by atoms with Gasteiger partial charge in [0.1, 0.15) is 6.10 Å². The van der Waals surface area contributed by atoms with Crippen LogP contribution in [0.25, 0.3) is 0 Å². The minimum absolute atomic E-state index is 0.0309. The summed E-state index contributed by atoms with van der Waals surface area (Å²) in [5, 5.41) is 0.676. The Bertz CT molecular complexity index is 511. The zero-order valence-electron chi connectivity index (χ0n) is 12.0. The smallest absolute Gasteiger partial charge is 0.165 e. The van der Waals surface area contributed by atoms with Gasteiger partial charge in [-0.05, 0) is 26.0 Å². The molecule has 1 aromatic carbocycles. The molecule has 1 heterocycles. The van der Waals surface area contributed by atoms with Crippen LogP contribution in [0, 0.1) is 0 Å². The fraction of sp³-hybridized carbons (Fsp3) is 0.600. The average molecular weight is 297 g/mol. The van der Waals surface area contributed by atoms with E-state index in [2.05, 4.69) is 11.9 Å². The number of rotatable bonds is 5. The Labute approximate surface area is 124 Å². The lowest BCUT2D eigenvalue weighted by Gasteiger charge is -2.37. The van der Waals surface area contributed by atoms with Gasteiger partial charge in [0.2, 0.25) is 0 Å². The molecule has 110 valence electrons. The number of hydrogen-bond donors (Lipinski definition) is 1. The monoisotopic (exact) mass is 296 g/mol. The fourth-order valence-corrected chi connectivity index (χ4v) is 3.06. The van der Waals surface area contributed by atoms with Gasteiger partial charge in [-0.15, -0.1) is 0 Å². The highest BCUT2D eigenvalue weighted by molar-refractivity contribution is 6.30. The molecule has 1 aliphatic heterocycles. The Morgan fingerprint density at radius 3 is 2.60 bits per heavy atom. The predicted octanol–water partition coefficient (Wildman–Crippen LogP) is 2.03. The summed E-state index contributed by atoms with van der Waals surface area (Å²) in [6, 6.07) is 3.80. The van der Waals surface area contributed by atoms with Crippen LogP contribution in [0.15, 0.2) is 12.1 Å². The lowest BCUT2D eigenvalue weighted by molar-refractivity contribution is 0.0359. The highest BCUT2D eigenvalue weighted by atomic mass is 35.5. The lowest BCUT2D eigenvalue weighted by Crippen LogP contribution is -2.51. The van der Waals surface area contributed by atoms with Crippen molar-refractivity contribution >= 4 is 11.6 Å². The summed E-state index contributed by atoms with van der Waals surface area (Å²) in [5.41, 5.74) is 7.10. The highest BCUT2D eigenvalue weighted by Gasteiger charge is 2.46. The van der Waals surface area contributed by atoms with Crippen LogP contribution in [0.4, 0.5) is 0 Å². The molecule has 0 unspecified atom stereocenters. The molecule has 0 bridgehead atoms. The third-order valence-electron chi connectivity index (χ3n) is 4.37. The third kappa shape index (κ3) is 2.36. The number of ether oxygens (including phenoxy) is 2. The van der Waals surface area contributed by atoms with Crippen LogP contribution in [0.5, 0.6) is 11.5 Å². The molecule has 0 amide bonds. The molecule has 1 aromatic rings. The van der Waals surface area contributed by atoms with E-state index in [1.807, 2.05) is 12.1 Å². The van der Waals surface area contributed by atoms with Crippen molar-refractivity contribution in [3.05, 3.63) is 22.7 Å². The van der Waals surface area contributed by atoms with Gasteiger partial charge < -0.3 is 15.2 Å². The maximum atomic E-state index is 6.21. The number of likely N-dealkylation sites (N-methyl/N-ethyl adjacent to an activating group) is 1. The number of halogens is 1. The number of benzene rings is 1. The van der Waals surface area contributed by atoms with Gasteiger partial charge in [0.25, 0.3) is 0 Å². The highest BCUT2D eigenvalue weighted by Crippen LogP contribution is 2.53. The van der Waals surface area contributed by atoms with Gasteiger partial charge in [0.15, 0.2) is 11.5 Å². The summed E-state index contributed by atoms with van der Waals surface area (Å²) >= 11 is 6.21. The van der Waals surface area contributed by atoms with Gasteiger partial charge in [-0.25, -0.2) is 0 Å². The van der Waals surface area contributed by atoms with Crippen LogP contribution < -0.4 is 15.2 Å². The van der Waals surface area contributed by atoms with Crippen LogP contribution in [-0.2, 0) is 5.41 Å². The second-order valence-electron chi connectivity index (χ2n) is 5.93. The van der Waals surface area contributed by atoms with E-state index in [4.69, 9.17) is 26.8 Å². The fourth-order valence-electron chi connectivity index (χ4n) is 2.85. The zero-order valence-corrected chi connectivity index (χ0v) is 12.7. The van der Waals surface area contributed by atoms with Crippen molar-refractivity contribution in [1.82, 2.24) is 4.90 Å². The molecule has 4 nitrogen and oxygen atoms in total. The minimum atomic E-state index is 0.0309. The average Bonchev–Trinajstić information content (AvgIpc) is 3.19. The molecule has 1 saturated heterocycles. The third-order valence-corrected chi connectivity index (χ3v) is 4.59. The minimum Gasteiger partial charge on any atom is -0.493 e. The van der Waals surface area contributed by atoms with E-state index in [9.17, 15) is 0 Å².